The van der Waals surface area contributed by atoms with E-state index in [0.717, 1.165) is 11.3 Å². The van der Waals surface area contributed by atoms with E-state index in [1.54, 1.807) is 0 Å². The Kier molecular flexibility index (Phi) is 4.15. The van der Waals surface area contributed by atoms with Crippen molar-refractivity contribution in [3.8, 4) is 0 Å². The van der Waals surface area contributed by atoms with Crippen molar-refractivity contribution >= 4 is 33.9 Å². The van der Waals surface area contributed by atoms with E-state index < -0.39 is 11.9 Å². The smallest absolute Gasteiger partial charge is 0.343 e. The maximum Gasteiger partial charge on any atom is 0.343 e. The lowest BCUT2D eigenvalue weighted by molar-refractivity contribution is 0.0603. The van der Waals surface area contributed by atoms with E-state index >= 15 is 0 Å². The Labute approximate surface area is 120 Å². The standard InChI is InChI=1S/C12H17N3O4S/c1-19-12(18)7-8(13)9(10(14)17)20-11(7)15-4-2-6(16)3-5-15/h6,16H,2-5,13H2,1H3,(H2,14,17). The first kappa shape index (κ1) is 14.6. The average Bonchev–Trinajstić information content (AvgIpc) is 2.76. The lowest BCUT2D eigenvalue weighted by Crippen LogP contribution is -2.36. The fourth-order valence-electron chi connectivity index (χ4n) is 2.21. The molecular weight excluding hydrogens is 282 g/mol. The molecule has 1 aliphatic heterocycles. The minimum Gasteiger partial charge on any atom is -0.465 e. The number of ether oxygens (including phenoxy) is 1. The number of carbonyl (C=O) groups is 2. The summed E-state index contributed by atoms with van der Waals surface area (Å²) in [6.45, 7) is 1.17. The molecule has 2 rings (SSSR count). The van der Waals surface area contributed by atoms with E-state index in [9.17, 15) is 14.7 Å². The van der Waals surface area contributed by atoms with Gasteiger partial charge in [0.1, 0.15) is 15.4 Å². The Morgan fingerprint density at radius 1 is 1.40 bits per heavy atom. The van der Waals surface area contributed by atoms with Crippen LogP contribution in [-0.4, -0.2) is 43.3 Å². The summed E-state index contributed by atoms with van der Waals surface area (Å²) in [5.74, 6) is -1.26. The molecule has 8 heteroatoms. The third kappa shape index (κ3) is 2.56. The Bertz CT molecular complexity index is 535. The molecule has 5 N–H and O–H groups in total. The lowest BCUT2D eigenvalue weighted by atomic mass is 10.1. The van der Waals surface area contributed by atoms with Gasteiger partial charge in [-0.3, -0.25) is 4.79 Å². The molecule has 1 fully saturated rings. The predicted molar refractivity (Wildman–Crippen MR) is 76.0 cm³/mol. The van der Waals surface area contributed by atoms with Crippen LogP contribution in [0, 0.1) is 0 Å². The molecule has 0 unspecified atom stereocenters. The topological polar surface area (TPSA) is 119 Å². The van der Waals surface area contributed by atoms with Crippen LogP contribution >= 0.6 is 11.3 Å². The van der Waals surface area contributed by atoms with Crippen molar-refractivity contribution in [2.24, 2.45) is 5.73 Å². The Hall–Kier alpha value is -1.80. The molecule has 20 heavy (non-hydrogen) atoms. The predicted octanol–water partition coefficient (Wildman–Crippen LogP) is 0.177. The molecule has 0 aromatic carbocycles. The largest absolute Gasteiger partial charge is 0.465 e. The van der Waals surface area contributed by atoms with Crippen LogP contribution in [-0.2, 0) is 4.74 Å². The number of hydrogen-bond acceptors (Lipinski definition) is 7. The van der Waals surface area contributed by atoms with Crippen molar-refractivity contribution in [2.45, 2.75) is 18.9 Å². The minimum atomic E-state index is -0.666. The van der Waals surface area contributed by atoms with Crippen LogP contribution in [0.3, 0.4) is 0 Å². The number of aliphatic hydroxyl groups excluding tert-OH is 1. The molecule has 0 aliphatic carbocycles. The van der Waals surface area contributed by atoms with Gasteiger partial charge in [-0.05, 0) is 12.8 Å². The second-order valence-corrected chi connectivity index (χ2v) is 5.60. The fourth-order valence-corrected chi connectivity index (χ4v) is 3.32. The molecule has 1 saturated heterocycles. The number of nitrogens with zero attached hydrogens (tertiary/aromatic N) is 1. The van der Waals surface area contributed by atoms with E-state index in [2.05, 4.69) is 0 Å². The molecule has 0 atom stereocenters. The van der Waals surface area contributed by atoms with E-state index in [4.69, 9.17) is 16.2 Å². The number of amides is 1. The first-order valence-electron chi connectivity index (χ1n) is 6.19. The SMILES string of the molecule is COC(=O)c1c(N2CCC(O)CC2)sc(C(N)=O)c1N. The second kappa shape index (κ2) is 5.68. The quantitative estimate of drug-likeness (QED) is 0.685. The number of esters is 1. The minimum absolute atomic E-state index is 0.0653. The first-order chi connectivity index (χ1) is 9.45. The number of primary amides is 1. The van der Waals surface area contributed by atoms with Gasteiger partial charge in [0.2, 0.25) is 0 Å². The Morgan fingerprint density at radius 2 is 2.00 bits per heavy atom. The van der Waals surface area contributed by atoms with E-state index in [-0.39, 0.29) is 22.2 Å². The molecular formula is C12H17N3O4S. The summed E-state index contributed by atoms with van der Waals surface area (Å²) in [5.41, 5.74) is 11.4. The normalized spacial score (nSPS) is 16.2. The monoisotopic (exact) mass is 299 g/mol. The van der Waals surface area contributed by atoms with E-state index in [0.29, 0.717) is 30.9 Å². The number of methoxy groups -OCH3 is 1. The van der Waals surface area contributed by atoms with Gasteiger partial charge in [-0.15, -0.1) is 11.3 Å². The van der Waals surface area contributed by atoms with Crippen LogP contribution < -0.4 is 16.4 Å². The van der Waals surface area contributed by atoms with Crippen molar-refractivity contribution < 1.29 is 19.4 Å². The van der Waals surface area contributed by atoms with Gasteiger partial charge in [0.15, 0.2) is 0 Å². The zero-order valence-electron chi connectivity index (χ0n) is 11.1. The van der Waals surface area contributed by atoms with Gasteiger partial charge in [-0.25, -0.2) is 4.79 Å². The molecule has 0 saturated carbocycles. The van der Waals surface area contributed by atoms with Crippen molar-refractivity contribution in [1.29, 1.82) is 0 Å². The lowest BCUT2D eigenvalue weighted by Gasteiger charge is -2.30. The van der Waals surface area contributed by atoms with Crippen LogP contribution in [0.25, 0.3) is 0 Å². The van der Waals surface area contributed by atoms with Crippen LogP contribution in [0.5, 0.6) is 0 Å². The van der Waals surface area contributed by atoms with Crippen LogP contribution in [0.1, 0.15) is 32.9 Å². The second-order valence-electron chi connectivity index (χ2n) is 4.60. The molecule has 2 heterocycles. The number of anilines is 2. The number of nitrogens with two attached hydrogens (primary N) is 2. The highest BCUT2D eigenvalue weighted by atomic mass is 32.1. The molecule has 110 valence electrons. The summed E-state index contributed by atoms with van der Waals surface area (Å²) in [4.78, 5) is 25.3. The molecule has 1 amide bonds. The summed E-state index contributed by atoms with van der Waals surface area (Å²) in [6.07, 6.45) is 0.870. The third-order valence-corrected chi connectivity index (χ3v) is 4.57. The van der Waals surface area contributed by atoms with Crippen molar-refractivity contribution in [1.82, 2.24) is 0 Å². The number of aliphatic hydroxyl groups is 1. The maximum absolute atomic E-state index is 11.9. The molecule has 7 nitrogen and oxygen atoms in total. The number of piperidine rings is 1. The molecule has 0 radical (unpaired) electrons. The summed E-state index contributed by atoms with van der Waals surface area (Å²) >= 11 is 1.09. The van der Waals surface area contributed by atoms with Crippen LogP contribution in [0.2, 0.25) is 0 Å². The van der Waals surface area contributed by atoms with E-state index in [1.807, 2.05) is 4.90 Å². The van der Waals surface area contributed by atoms with Gasteiger partial charge < -0.3 is 26.2 Å². The van der Waals surface area contributed by atoms with E-state index in [1.165, 1.54) is 7.11 Å². The summed E-state index contributed by atoms with van der Waals surface area (Å²) < 4.78 is 4.72. The maximum atomic E-state index is 11.9. The van der Waals surface area contributed by atoms with Gasteiger partial charge in [0.25, 0.3) is 5.91 Å². The van der Waals surface area contributed by atoms with Gasteiger partial charge in [-0.1, -0.05) is 0 Å². The summed E-state index contributed by atoms with van der Waals surface area (Å²) in [6, 6.07) is 0. The van der Waals surface area contributed by atoms with Gasteiger partial charge in [0, 0.05) is 13.1 Å². The molecule has 1 aliphatic rings. The van der Waals surface area contributed by atoms with Crippen molar-refractivity contribution in [3.05, 3.63) is 10.4 Å². The van der Waals surface area contributed by atoms with Crippen LogP contribution in [0.4, 0.5) is 10.7 Å². The number of rotatable bonds is 3. The molecule has 0 spiro atoms. The van der Waals surface area contributed by atoms with Crippen molar-refractivity contribution in [2.75, 3.05) is 30.8 Å². The van der Waals surface area contributed by atoms with Gasteiger partial charge >= 0.3 is 5.97 Å². The van der Waals surface area contributed by atoms with Gasteiger partial charge in [0.05, 0.1) is 18.9 Å². The molecule has 1 aromatic rings. The number of thiophene rings is 1. The van der Waals surface area contributed by atoms with Gasteiger partial charge in [-0.2, -0.15) is 0 Å². The first-order valence-corrected chi connectivity index (χ1v) is 7.00. The Morgan fingerprint density at radius 3 is 2.50 bits per heavy atom. The Balaban J connectivity index is 2.43. The average molecular weight is 299 g/mol. The molecule has 1 aromatic heterocycles. The summed E-state index contributed by atoms with van der Waals surface area (Å²) in [7, 11) is 1.26. The van der Waals surface area contributed by atoms with Crippen LogP contribution in [0.15, 0.2) is 0 Å². The van der Waals surface area contributed by atoms with Crippen molar-refractivity contribution in [3.63, 3.8) is 0 Å². The highest BCUT2D eigenvalue weighted by molar-refractivity contribution is 7.19. The zero-order valence-corrected chi connectivity index (χ0v) is 11.9. The highest BCUT2D eigenvalue weighted by Gasteiger charge is 2.29. The number of carbonyl (C=O) groups excluding carboxylic acids is 2. The summed E-state index contributed by atoms with van der Waals surface area (Å²) in [5, 5.41) is 10.1. The molecule has 0 bridgehead atoms. The highest BCUT2D eigenvalue weighted by Crippen LogP contribution is 2.39. The zero-order chi connectivity index (χ0) is 14.9. The number of hydrogen-bond donors (Lipinski definition) is 3. The fraction of sp³-hybridized carbons (Fsp3) is 0.500. The number of nitrogen functional groups attached to an aromatic ring is 1. The third-order valence-electron chi connectivity index (χ3n) is 3.29.